The predicted octanol–water partition coefficient (Wildman–Crippen LogP) is 1.88. The van der Waals surface area contributed by atoms with Crippen LogP contribution < -0.4 is 14.7 Å². The van der Waals surface area contributed by atoms with E-state index in [9.17, 15) is 13.2 Å². The van der Waals surface area contributed by atoms with E-state index in [1.54, 1.807) is 30.3 Å². The lowest BCUT2D eigenvalue weighted by molar-refractivity contribution is -0.119. The van der Waals surface area contributed by atoms with Crippen LogP contribution in [0.15, 0.2) is 53.4 Å². The van der Waals surface area contributed by atoms with Crippen LogP contribution in [0.3, 0.4) is 0 Å². The minimum atomic E-state index is -3.93. The fourth-order valence-electron chi connectivity index (χ4n) is 1.88. The summed E-state index contributed by atoms with van der Waals surface area (Å²) in [6.07, 6.45) is 0.648. The van der Waals surface area contributed by atoms with Crippen molar-refractivity contribution in [1.82, 2.24) is 0 Å². The van der Waals surface area contributed by atoms with Crippen molar-refractivity contribution in [3.63, 3.8) is 0 Å². The summed E-state index contributed by atoms with van der Waals surface area (Å²) >= 11 is 0. The largest absolute Gasteiger partial charge is 0.484 e. The Morgan fingerprint density at radius 1 is 1.09 bits per heavy atom. The second kappa shape index (κ2) is 7.15. The number of amides is 1. The Balaban J connectivity index is 2.28. The minimum absolute atomic E-state index is 0.0569. The molecule has 0 atom stereocenters. The molecular weight excluding hydrogens is 318 g/mol. The zero-order chi connectivity index (χ0) is 16.9. The van der Waals surface area contributed by atoms with Crippen LogP contribution in [-0.2, 0) is 21.3 Å². The van der Waals surface area contributed by atoms with Gasteiger partial charge in [0.15, 0.2) is 6.61 Å². The summed E-state index contributed by atoms with van der Waals surface area (Å²) < 4.78 is 34.9. The van der Waals surface area contributed by atoms with Gasteiger partial charge in [-0.25, -0.2) is 0 Å². The van der Waals surface area contributed by atoms with Gasteiger partial charge in [-0.1, -0.05) is 25.1 Å². The number of hydrogen-bond acceptors (Lipinski definition) is 5. The van der Waals surface area contributed by atoms with Gasteiger partial charge in [-0.05, 0) is 36.2 Å². The second-order valence-electron chi connectivity index (χ2n) is 4.77. The van der Waals surface area contributed by atoms with E-state index in [4.69, 9.17) is 14.7 Å². The molecule has 0 saturated heterocycles. The predicted molar refractivity (Wildman–Crippen MR) is 84.8 cm³/mol. The van der Waals surface area contributed by atoms with Gasteiger partial charge < -0.3 is 14.7 Å². The summed E-state index contributed by atoms with van der Waals surface area (Å²) in [6, 6.07) is 12.5. The van der Waals surface area contributed by atoms with Crippen molar-refractivity contribution in [3.8, 4) is 11.5 Å². The van der Waals surface area contributed by atoms with Gasteiger partial charge in [0.25, 0.3) is 5.91 Å². The maximum atomic E-state index is 12.2. The third-order valence-corrected chi connectivity index (χ3v) is 4.23. The van der Waals surface area contributed by atoms with Crippen LogP contribution >= 0.6 is 0 Å². The standard InChI is InChI=1S/C16H17NO5S/c1-2-12-8-13(21-11-16(17)18)10-14(9-12)22-23(19,20)15-6-4-3-5-7-15/h3-10H,2,11H2,1H3,(H2,17,18). The molecule has 0 aliphatic rings. The Morgan fingerprint density at radius 3 is 2.35 bits per heavy atom. The third kappa shape index (κ3) is 4.72. The maximum absolute atomic E-state index is 12.2. The smallest absolute Gasteiger partial charge is 0.339 e. The molecule has 23 heavy (non-hydrogen) atoms. The highest BCUT2D eigenvalue weighted by atomic mass is 32.2. The van der Waals surface area contributed by atoms with Gasteiger partial charge in [0.1, 0.15) is 16.4 Å². The first-order valence-corrected chi connectivity index (χ1v) is 8.36. The minimum Gasteiger partial charge on any atom is -0.484 e. The first kappa shape index (κ1) is 16.8. The summed E-state index contributed by atoms with van der Waals surface area (Å²) in [6.45, 7) is 1.61. The number of carbonyl (C=O) groups is 1. The van der Waals surface area contributed by atoms with E-state index in [1.165, 1.54) is 18.2 Å². The lowest BCUT2D eigenvalue weighted by Crippen LogP contribution is -2.20. The number of nitrogens with two attached hydrogens (primary N) is 1. The zero-order valence-electron chi connectivity index (χ0n) is 12.6. The molecule has 2 N–H and O–H groups in total. The highest BCUT2D eigenvalue weighted by Crippen LogP contribution is 2.26. The average Bonchev–Trinajstić information content (AvgIpc) is 2.53. The van der Waals surface area contributed by atoms with Gasteiger partial charge in [0.2, 0.25) is 0 Å². The van der Waals surface area contributed by atoms with Crippen LogP contribution in [0.1, 0.15) is 12.5 Å². The van der Waals surface area contributed by atoms with Crippen LogP contribution in [0.2, 0.25) is 0 Å². The number of benzene rings is 2. The zero-order valence-corrected chi connectivity index (χ0v) is 13.4. The molecule has 0 aliphatic carbocycles. The Morgan fingerprint density at radius 2 is 1.74 bits per heavy atom. The van der Waals surface area contributed by atoms with E-state index < -0.39 is 16.0 Å². The Hall–Kier alpha value is -2.54. The van der Waals surface area contributed by atoms with E-state index in [0.29, 0.717) is 12.2 Å². The van der Waals surface area contributed by atoms with Crippen LogP contribution in [0.5, 0.6) is 11.5 Å². The molecule has 0 fully saturated rings. The number of hydrogen-bond donors (Lipinski definition) is 1. The SMILES string of the molecule is CCc1cc(OCC(N)=O)cc(OS(=O)(=O)c2ccccc2)c1. The molecule has 0 saturated carbocycles. The van der Waals surface area contributed by atoms with Gasteiger partial charge in [-0.15, -0.1) is 0 Å². The van der Waals surface area contributed by atoms with Crippen molar-refractivity contribution >= 4 is 16.0 Å². The molecule has 0 aliphatic heterocycles. The topological polar surface area (TPSA) is 95.7 Å². The summed E-state index contributed by atoms with van der Waals surface area (Å²) in [7, 11) is -3.93. The van der Waals surface area contributed by atoms with E-state index in [0.717, 1.165) is 5.56 Å². The molecular formula is C16H17NO5S. The number of carbonyl (C=O) groups excluding carboxylic acids is 1. The molecule has 0 unspecified atom stereocenters. The second-order valence-corrected chi connectivity index (χ2v) is 6.32. The fourth-order valence-corrected chi connectivity index (χ4v) is 2.82. The first-order chi connectivity index (χ1) is 10.9. The van der Waals surface area contributed by atoms with Crippen molar-refractivity contribution in [2.45, 2.75) is 18.2 Å². The number of aryl methyl sites for hydroxylation is 1. The van der Waals surface area contributed by atoms with E-state index in [1.807, 2.05) is 6.92 Å². The van der Waals surface area contributed by atoms with Gasteiger partial charge >= 0.3 is 10.1 Å². The number of primary amides is 1. The molecule has 0 spiro atoms. The van der Waals surface area contributed by atoms with Crippen molar-refractivity contribution < 1.29 is 22.1 Å². The molecule has 2 aromatic rings. The Kier molecular flexibility index (Phi) is 5.23. The molecule has 6 nitrogen and oxygen atoms in total. The molecule has 2 rings (SSSR count). The average molecular weight is 335 g/mol. The van der Waals surface area contributed by atoms with Gasteiger partial charge in [0.05, 0.1) is 0 Å². The fraction of sp³-hybridized carbons (Fsp3) is 0.188. The van der Waals surface area contributed by atoms with Crippen molar-refractivity contribution in [2.24, 2.45) is 5.73 Å². The van der Waals surface area contributed by atoms with E-state index >= 15 is 0 Å². The third-order valence-electron chi connectivity index (χ3n) is 2.97. The highest BCUT2D eigenvalue weighted by molar-refractivity contribution is 7.87. The summed E-state index contributed by atoms with van der Waals surface area (Å²) in [5, 5.41) is 0. The molecule has 122 valence electrons. The van der Waals surface area contributed by atoms with Gasteiger partial charge in [0, 0.05) is 6.07 Å². The summed E-state index contributed by atoms with van der Waals surface area (Å²) in [5.74, 6) is -0.180. The van der Waals surface area contributed by atoms with Crippen LogP contribution in [-0.4, -0.2) is 20.9 Å². The summed E-state index contributed by atoms with van der Waals surface area (Å²) in [4.78, 5) is 10.9. The lowest BCUT2D eigenvalue weighted by atomic mass is 10.1. The number of ether oxygens (including phenoxy) is 1. The molecule has 1 amide bonds. The molecule has 0 aromatic heterocycles. The van der Waals surface area contributed by atoms with Gasteiger partial charge in [-0.3, -0.25) is 4.79 Å². The van der Waals surface area contributed by atoms with Crippen molar-refractivity contribution in [2.75, 3.05) is 6.61 Å². The maximum Gasteiger partial charge on any atom is 0.339 e. The van der Waals surface area contributed by atoms with E-state index in [-0.39, 0.29) is 17.3 Å². The molecule has 7 heteroatoms. The van der Waals surface area contributed by atoms with Gasteiger partial charge in [-0.2, -0.15) is 8.42 Å². The highest BCUT2D eigenvalue weighted by Gasteiger charge is 2.17. The van der Waals surface area contributed by atoms with Crippen LogP contribution in [0.25, 0.3) is 0 Å². The van der Waals surface area contributed by atoms with Crippen LogP contribution in [0, 0.1) is 0 Å². The number of rotatable bonds is 7. The lowest BCUT2D eigenvalue weighted by Gasteiger charge is -2.11. The molecule has 0 bridgehead atoms. The quantitative estimate of drug-likeness (QED) is 0.779. The molecule has 0 radical (unpaired) electrons. The Bertz CT molecular complexity index is 787. The molecule has 0 heterocycles. The Labute approximate surface area is 135 Å². The van der Waals surface area contributed by atoms with E-state index in [2.05, 4.69) is 0 Å². The first-order valence-electron chi connectivity index (χ1n) is 6.95. The molecule has 2 aromatic carbocycles. The van der Waals surface area contributed by atoms with Crippen LogP contribution in [0.4, 0.5) is 0 Å². The van der Waals surface area contributed by atoms with Crippen molar-refractivity contribution in [1.29, 1.82) is 0 Å². The monoisotopic (exact) mass is 335 g/mol. The van der Waals surface area contributed by atoms with Crippen molar-refractivity contribution in [3.05, 3.63) is 54.1 Å². The summed E-state index contributed by atoms with van der Waals surface area (Å²) in [5.41, 5.74) is 5.85. The normalized spacial score (nSPS) is 11.0.